The topological polar surface area (TPSA) is 46.6 Å². The minimum Gasteiger partial charge on any atom is -0.406 e. The van der Waals surface area contributed by atoms with E-state index < -0.39 is 41.6 Å². The van der Waals surface area contributed by atoms with Crippen LogP contribution in [0.4, 0.5) is 23.2 Å². The Morgan fingerprint density at radius 3 is 2.27 bits per heavy atom. The highest BCUT2D eigenvalue weighted by atomic mass is 35.5. The number of hydrogen-bond donors (Lipinski definition) is 0. The predicted molar refractivity (Wildman–Crippen MR) is 114 cm³/mol. The van der Waals surface area contributed by atoms with Crippen molar-refractivity contribution < 1.29 is 31.9 Å². The summed E-state index contributed by atoms with van der Waals surface area (Å²) in [7, 11) is 0. The van der Waals surface area contributed by atoms with E-state index in [9.17, 15) is 27.2 Å². The Kier molecular flexibility index (Phi) is 6.12. The summed E-state index contributed by atoms with van der Waals surface area (Å²) in [5.41, 5.74) is 1.02. The van der Waals surface area contributed by atoms with Crippen molar-refractivity contribution >= 4 is 29.0 Å². The number of halogens is 5. The highest BCUT2D eigenvalue weighted by Gasteiger charge is 2.45. The number of ether oxygens (including phenoxy) is 1. The second-order valence-electron chi connectivity index (χ2n) is 7.48. The second kappa shape index (κ2) is 8.86. The molecule has 0 N–H and O–H groups in total. The van der Waals surface area contributed by atoms with Crippen molar-refractivity contribution in [2.75, 3.05) is 4.90 Å². The minimum atomic E-state index is -4.86. The molecular weight excluding hydrogens is 462 g/mol. The van der Waals surface area contributed by atoms with Gasteiger partial charge in [0.05, 0.1) is 6.04 Å². The van der Waals surface area contributed by atoms with Crippen LogP contribution in [0.5, 0.6) is 5.75 Å². The molecule has 170 valence electrons. The van der Waals surface area contributed by atoms with Gasteiger partial charge in [-0.15, -0.1) is 13.2 Å². The van der Waals surface area contributed by atoms with Gasteiger partial charge in [-0.3, -0.25) is 9.59 Å². The van der Waals surface area contributed by atoms with Gasteiger partial charge in [-0.1, -0.05) is 23.7 Å². The van der Waals surface area contributed by atoms with Crippen LogP contribution in [0.2, 0.25) is 5.02 Å². The molecule has 1 unspecified atom stereocenters. The number of hydrogen-bond acceptors (Lipinski definition) is 3. The van der Waals surface area contributed by atoms with Gasteiger partial charge in [0.2, 0.25) is 5.91 Å². The molecule has 0 spiro atoms. The first kappa shape index (κ1) is 22.8. The van der Waals surface area contributed by atoms with Gasteiger partial charge in [0.25, 0.3) is 0 Å². The smallest absolute Gasteiger partial charge is 0.406 e. The third-order valence-corrected chi connectivity index (χ3v) is 5.59. The van der Waals surface area contributed by atoms with Crippen LogP contribution >= 0.6 is 11.6 Å². The number of alkyl halides is 3. The Hall–Kier alpha value is -3.39. The van der Waals surface area contributed by atoms with Gasteiger partial charge >= 0.3 is 6.36 Å². The van der Waals surface area contributed by atoms with Crippen LogP contribution < -0.4 is 9.64 Å². The average molecular weight is 478 g/mol. The molecule has 1 aliphatic heterocycles. The summed E-state index contributed by atoms with van der Waals surface area (Å²) < 4.78 is 55.2. The fourth-order valence-electron chi connectivity index (χ4n) is 3.90. The summed E-state index contributed by atoms with van der Waals surface area (Å²) >= 11 is 5.88. The Bertz CT molecular complexity index is 1180. The molecule has 1 amide bonds. The molecule has 1 fully saturated rings. The third-order valence-electron chi connectivity index (χ3n) is 5.33. The number of anilines is 1. The van der Waals surface area contributed by atoms with Crippen molar-refractivity contribution in [3.8, 4) is 5.75 Å². The molecule has 1 saturated heterocycles. The number of amides is 1. The summed E-state index contributed by atoms with van der Waals surface area (Å²) in [5.74, 6) is -2.97. The maximum absolute atomic E-state index is 13.9. The zero-order valence-electron chi connectivity index (χ0n) is 16.9. The van der Waals surface area contributed by atoms with Crippen LogP contribution in [0.1, 0.15) is 28.4 Å². The number of rotatable bonds is 5. The van der Waals surface area contributed by atoms with Crippen LogP contribution in [0.25, 0.3) is 0 Å². The lowest BCUT2D eigenvalue weighted by molar-refractivity contribution is -0.274. The van der Waals surface area contributed by atoms with E-state index in [-0.39, 0.29) is 12.1 Å². The van der Waals surface area contributed by atoms with Gasteiger partial charge in [-0.05, 0) is 72.6 Å². The largest absolute Gasteiger partial charge is 0.573 e. The lowest BCUT2D eigenvalue weighted by Gasteiger charge is -2.25. The lowest BCUT2D eigenvalue weighted by atomic mass is 9.92. The number of benzene rings is 3. The van der Waals surface area contributed by atoms with Gasteiger partial charge in [0.1, 0.15) is 17.5 Å². The normalized spacial score (nSPS) is 18.5. The average Bonchev–Trinajstić information content (AvgIpc) is 3.10. The van der Waals surface area contributed by atoms with Crippen molar-refractivity contribution in [2.24, 2.45) is 5.92 Å². The second-order valence-corrected chi connectivity index (χ2v) is 7.92. The number of carbonyl (C=O) groups is 2. The highest BCUT2D eigenvalue weighted by Crippen LogP contribution is 2.42. The van der Waals surface area contributed by atoms with Crippen molar-refractivity contribution in [3.63, 3.8) is 0 Å². The zero-order valence-corrected chi connectivity index (χ0v) is 17.6. The van der Waals surface area contributed by atoms with Crippen LogP contribution in [-0.2, 0) is 4.79 Å². The maximum atomic E-state index is 13.9. The first-order valence-corrected chi connectivity index (χ1v) is 10.2. The lowest BCUT2D eigenvalue weighted by Crippen LogP contribution is -2.31. The first-order valence-electron chi connectivity index (χ1n) is 9.86. The van der Waals surface area contributed by atoms with Gasteiger partial charge in [-0.25, -0.2) is 4.39 Å². The summed E-state index contributed by atoms with van der Waals surface area (Å²) in [6, 6.07) is 15.8. The molecule has 0 aliphatic carbocycles. The molecule has 3 aromatic rings. The van der Waals surface area contributed by atoms with Crippen molar-refractivity contribution in [2.45, 2.75) is 18.8 Å². The summed E-state index contributed by atoms with van der Waals surface area (Å²) in [6.45, 7) is 0. The van der Waals surface area contributed by atoms with Crippen molar-refractivity contribution in [3.05, 3.63) is 94.8 Å². The number of Topliss-reactive ketones (excluding diaryl/α,β-unsaturated/α-hetero) is 1. The Morgan fingerprint density at radius 1 is 1.00 bits per heavy atom. The Morgan fingerprint density at radius 2 is 1.67 bits per heavy atom. The van der Waals surface area contributed by atoms with Gasteiger partial charge in [-0.2, -0.15) is 0 Å². The van der Waals surface area contributed by atoms with Crippen LogP contribution in [0.15, 0.2) is 72.8 Å². The Labute approximate surface area is 191 Å². The number of carbonyl (C=O) groups excluding carboxylic acids is 2. The van der Waals surface area contributed by atoms with Crippen LogP contribution in [0.3, 0.4) is 0 Å². The molecule has 1 heterocycles. The van der Waals surface area contributed by atoms with E-state index in [2.05, 4.69) is 4.74 Å². The Balaban J connectivity index is 1.69. The van der Waals surface area contributed by atoms with E-state index in [1.54, 1.807) is 6.07 Å². The summed E-state index contributed by atoms with van der Waals surface area (Å²) in [4.78, 5) is 27.7. The SMILES string of the molecule is O=C(c1ccc(Cl)cc1)C1C[C@H](c2cccc(F)c2)N(c2ccc(OC(F)(F)F)cc2)C1=O. The number of ketones is 1. The summed E-state index contributed by atoms with van der Waals surface area (Å²) in [6.07, 6.45) is -4.78. The third kappa shape index (κ3) is 5.01. The van der Waals surface area contributed by atoms with Crippen molar-refractivity contribution in [1.29, 1.82) is 0 Å². The monoisotopic (exact) mass is 477 g/mol. The van der Waals surface area contributed by atoms with Gasteiger partial charge < -0.3 is 9.64 Å². The molecule has 1 aliphatic rings. The molecule has 0 saturated carbocycles. The predicted octanol–water partition coefficient (Wildman–Crippen LogP) is 6.35. The molecular formula is C24H16ClF4NO3. The van der Waals surface area contributed by atoms with Crippen LogP contribution in [-0.4, -0.2) is 18.1 Å². The van der Waals surface area contributed by atoms with Gasteiger partial charge in [0.15, 0.2) is 5.78 Å². The summed E-state index contributed by atoms with van der Waals surface area (Å²) in [5, 5.41) is 0.435. The first-order chi connectivity index (χ1) is 15.6. The molecule has 2 atom stereocenters. The fourth-order valence-corrected chi connectivity index (χ4v) is 4.03. The molecule has 4 rings (SSSR count). The van der Waals surface area contributed by atoms with Gasteiger partial charge in [0, 0.05) is 16.3 Å². The number of nitrogens with zero attached hydrogens (tertiary/aromatic N) is 1. The van der Waals surface area contributed by atoms with E-state index in [1.807, 2.05) is 0 Å². The van der Waals surface area contributed by atoms with E-state index in [0.717, 1.165) is 12.1 Å². The quantitative estimate of drug-likeness (QED) is 0.244. The fraction of sp³-hybridized carbons (Fsp3) is 0.167. The van der Waals surface area contributed by atoms with Crippen molar-refractivity contribution in [1.82, 2.24) is 0 Å². The molecule has 4 nitrogen and oxygen atoms in total. The molecule has 0 radical (unpaired) electrons. The van der Waals surface area contributed by atoms with Crippen LogP contribution in [0, 0.1) is 11.7 Å². The van der Waals surface area contributed by atoms with E-state index in [4.69, 9.17) is 11.6 Å². The minimum absolute atomic E-state index is 0.0740. The standard InChI is InChI=1S/C24H16ClF4NO3/c25-16-6-4-14(5-7-16)22(31)20-13-21(15-2-1-3-17(26)12-15)30(23(20)32)18-8-10-19(11-9-18)33-24(27,28)29/h1-12,20-21H,13H2/t20?,21-/m1/s1. The molecule has 3 aromatic carbocycles. The molecule has 0 bridgehead atoms. The van der Waals surface area contributed by atoms with E-state index >= 15 is 0 Å². The maximum Gasteiger partial charge on any atom is 0.573 e. The molecule has 9 heteroatoms. The highest BCUT2D eigenvalue weighted by molar-refractivity contribution is 6.30. The van der Waals surface area contributed by atoms with E-state index in [1.165, 1.54) is 59.5 Å². The zero-order chi connectivity index (χ0) is 23.8. The van der Waals surface area contributed by atoms with E-state index in [0.29, 0.717) is 16.1 Å². The molecule has 0 aromatic heterocycles. The molecule has 33 heavy (non-hydrogen) atoms.